The van der Waals surface area contributed by atoms with Gasteiger partial charge in [-0.1, -0.05) is 5.16 Å². The maximum Gasteiger partial charge on any atom is 0.471 e. The minimum absolute atomic E-state index is 0.208. The van der Waals surface area contributed by atoms with Crippen molar-refractivity contribution in [3.8, 4) is 11.4 Å². The van der Waals surface area contributed by atoms with Crippen molar-refractivity contribution in [3.63, 3.8) is 0 Å². The first-order valence-corrected chi connectivity index (χ1v) is 4.42. The molecule has 0 spiro atoms. The van der Waals surface area contributed by atoms with Gasteiger partial charge in [0.25, 0.3) is 0 Å². The van der Waals surface area contributed by atoms with Gasteiger partial charge >= 0.3 is 12.1 Å². The topological polar surface area (TPSA) is 76.7 Å². The van der Waals surface area contributed by atoms with Crippen LogP contribution in [0.3, 0.4) is 0 Å². The normalized spacial score (nSPS) is 11.5. The summed E-state index contributed by atoms with van der Waals surface area (Å²) >= 11 is 0. The summed E-state index contributed by atoms with van der Waals surface area (Å²) in [6.07, 6.45) is -2.06. The second-order valence-corrected chi connectivity index (χ2v) is 2.97. The molecule has 0 saturated heterocycles. The Balaban J connectivity index is 2.30. The highest BCUT2D eigenvalue weighted by atomic mass is 19.4. The number of hydrogen-bond donors (Lipinski definition) is 1. The summed E-state index contributed by atoms with van der Waals surface area (Å²) in [4.78, 5) is 10.8. The van der Waals surface area contributed by atoms with Crippen molar-refractivity contribution < 1.29 is 17.7 Å². The summed E-state index contributed by atoms with van der Waals surface area (Å²) in [5, 5.41) is 5.87. The fourth-order valence-electron chi connectivity index (χ4n) is 1.03. The lowest BCUT2D eigenvalue weighted by Crippen LogP contribution is -2.04. The van der Waals surface area contributed by atoms with E-state index in [2.05, 4.69) is 29.9 Å². The fraction of sp³-hybridized carbons (Fsp3) is 0.250. The molecule has 0 atom stereocenters. The average Bonchev–Trinajstić information content (AvgIpc) is 2.78. The molecule has 2 heterocycles. The number of aromatic nitrogens is 4. The van der Waals surface area contributed by atoms with Crippen LogP contribution in [-0.2, 0) is 6.18 Å². The van der Waals surface area contributed by atoms with Crippen LogP contribution in [0.2, 0.25) is 0 Å². The Morgan fingerprint density at radius 2 is 1.88 bits per heavy atom. The molecule has 0 bridgehead atoms. The molecule has 2 aromatic heterocycles. The Labute approximate surface area is 92.9 Å². The molecule has 9 heteroatoms. The number of nitrogens with zero attached hydrogens (tertiary/aromatic N) is 4. The molecule has 0 aliphatic carbocycles. The van der Waals surface area contributed by atoms with Crippen LogP contribution in [0.15, 0.2) is 16.9 Å². The standard InChI is InChI=1S/C8H6F3N5O/c1-12-7-13-2-4(3-14-7)5-15-6(17-16-5)8(9,10)11/h2-3H,1H3,(H,12,13,14). The number of rotatable bonds is 2. The van der Waals surface area contributed by atoms with Gasteiger partial charge in [-0.3, -0.25) is 0 Å². The van der Waals surface area contributed by atoms with Crippen molar-refractivity contribution >= 4 is 5.95 Å². The minimum atomic E-state index is -4.66. The lowest BCUT2D eigenvalue weighted by Gasteiger charge is -1.97. The molecule has 0 saturated carbocycles. The van der Waals surface area contributed by atoms with E-state index < -0.39 is 12.1 Å². The van der Waals surface area contributed by atoms with Crippen LogP contribution in [0.1, 0.15) is 5.89 Å². The molecule has 2 rings (SSSR count). The molecule has 1 N–H and O–H groups in total. The van der Waals surface area contributed by atoms with E-state index in [1.54, 1.807) is 7.05 Å². The Kier molecular flexibility index (Phi) is 2.66. The van der Waals surface area contributed by atoms with Crippen LogP contribution in [0.25, 0.3) is 11.4 Å². The zero-order valence-corrected chi connectivity index (χ0v) is 8.49. The van der Waals surface area contributed by atoms with Crippen LogP contribution in [0.5, 0.6) is 0 Å². The van der Waals surface area contributed by atoms with Gasteiger partial charge in [0.1, 0.15) is 0 Å². The van der Waals surface area contributed by atoms with Gasteiger partial charge in [-0.2, -0.15) is 18.2 Å². The van der Waals surface area contributed by atoms with E-state index >= 15 is 0 Å². The van der Waals surface area contributed by atoms with E-state index in [0.29, 0.717) is 5.95 Å². The van der Waals surface area contributed by atoms with E-state index in [1.165, 1.54) is 12.4 Å². The molecule has 0 aromatic carbocycles. The fourth-order valence-corrected chi connectivity index (χ4v) is 1.03. The lowest BCUT2D eigenvalue weighted by atomic mass is 10.3. The van der Waals surface area contributed by atoms with Crippen molar-refractivity contribution in [2.75, 3.05) is 12.4 Å². The molecule has 0 aliphatic heterocycles. The summed E-state index contributed by atoms with van der Waals surface area (Å²) in [5.74, 6) is -1.27. The predicted octanol–water partition coefficient (Wildman–Crippen LogP) is 1.59. The Hall–Kier alpha value is -2.19. The van der Waals surface area contributed by atoms with E-state index in [0.717, 1.165) is 0 Å². The first-order chi connectivity index (χ1) is 8.00. The van der Waals surface area contributed by atoms with Crippen LogP contribution in [0, 0.1) is 0 Å². The maximum atomic E-state index is 12.2. The highest BCUT2D eigenvalue weighted by Gasteiger charge is 2.38. The Morgan fingerprint density at radius 1 is 1.24 bits per heavy atom. The van der Waals surface area contributed by atoms with Crippen LogP contribution in [-0.4, -0.2) is 27.2 Å². The van der Waals surface area contributed by atoms with Gasteiger partial charge in [-0.05, 0) is 0 Å². The average molecular weight is 245 g/mol. The minimum Gasteiger partial charge on any atom is -0.357 e. The highest BCUT2D eigenvalue weighted by molar-refractivity contribution is 5.52. The van der Waals surface area contributed by atoms with E-state index in [4.69, 9.17) is 0 Å². The number of nitrogens with one attached hydrogen (secondary N) is 1. The summed E-state index contributed by atoms with van der Waals surface area (Å²) in [6.45, 7) is 0. The van der Waals surface area contributed by atoms with Gasteiger partial charge < -0.3 is 9.84 Å². The molecule has 2 aromatic rings. The molecule has 0 unspecified atom stereocenters. The number of anilines is 1. The monoisotopic (exact) mass is 245 g/mol. The molecular weight excluding hydrogens is 239 g/mol. The number of halogens is 3. The van der Waals surface area contributed by atoms with Gasteiger partial charge in [0, 0.05) is 19.4 Å². The highest BCUT2D eigenvalue weighted by Crippen LogP contribution is 2.29. The molecule has 6 nitrogen and oxygen atoms in total. The summed E-state index contributed by atoms with van der Waals surface area (Å²) in [7, 11) is 1.62. The van der Waals surface area contributed by atoms with Crippen LogP contribution in [0.4, 0.5) is 19.1 Å². The van der Waals surface area contributed by atoms with Crippen molar-refractivity contribution in [1.82, 2.24) is 20.1 Å². The van der Waals surface area contributed by atoms with Gasteiger partial charge in [0.2, 0.25) is 11.8 Å². The number of alkyl halides is 3. The second kappa shape index (κ2) is 4.00. The van der Waals surface area contributed by atoms with E-state index in [-0.39, 0.29) is 11.4 Å². The van der Waals surface area contributed by atoms with Gasteiger partial charge in [0.15, 0.2) is 0 Å². The summed E-state index contributed by atoms with van der Waals surface area (Å²) < 4.78 is 40.7. The SMILES string of the molecule is CNc1ncc(-c2noc(C(F)(F)F)n2)cn1. The molecule has 0 amide bonds. The van der Waals surface area contributed by atoms with Gasteiger partial charge in [-0.15, -0.1) is 0 Å². The van der Waals surface area contributed by atoms with Crippen LogP contribution >= 0.6 is 0 Å². The van der Waals surface area contributed by atoms with Gasteiger partial charge in [0.05, 0.1) is 5.56 Å². The van der Waals surface area contributed by atoms with Crippen molar-refractivity contribution in [1.29, 1.82) is 0 Å². The van der Waals surface area contributed by atoms with Crippen molar-refractivity contribution in [2.45, 2.75) is 6.18 Å². The zero-order valence-electron chi connectivity index (χ0n) is 8.49. The molecule has 0 radical (unpaired) electrons. The van der Waals surface area contributed by atoms with Crippen molar-refractivity contribution in [2.24, 2.45) is 0 Å². The smallest absolute Gasteiger partial charge is 0.357 e. The second-order valence-electron chi connectivity index (χ2n) is 2.97. The third kappa shape index (κ3) is 2.32. The third-order valence-corrected chi connectivity index (χ3v) is 1.80. The summed E-state index contributed by atoms with van der Waals surface area (Å²) in [5.41, 5.74) is 0.239. The first kappa shape index (κ1) is 11.3. The Bertz CT molecular complexity index is 507. The summed E-state index contributed by atoms with van der Waals surface area (Å²) in [6, 6.07) is 0. The third-order valence-electron chi connectivity index (χ3n) is 1.80. The number of hydrogen-bond acceptors (Lipinski definition) is 6. The largest absolute Gasteiger partial charge is 0.471 e. The Morgan fingerprint density at radius 3 is 2.35 bits per heavy atom. The molecule has 90 valence electrons. The molecule has 0 aliphatic rings. The zero-order chi connectivity index (χ0) is 12.5. The lowest BCUT2D eigenvalue weighted by molar-refractivity contribution is -0.159. The first-order valence-electron chi connectivity index (χ1n) is 4.42. The van der Waals surface area contributed by atoms with Crippen LogP contribution < -0.4 is 5.32 Å². The van der Waals surface area contributed by atoms with E-state index in [9.17, 15) is 13.2 Å². The van der Waals surface area contributed by atoms with Gasteiger partial charge in [-0.25, -0.2) is 9.97 Å². The van der Waals surface area contributed by atoms with E-state index in [1.807, 2.05) is 0 Å². The predicted molar refractivity (Wildman–Crippen MR) is 49.9 cm³/mol. The maximum absolute atomic E-state index is 12.2. The molecule has 0 fully saturated rings. The molecular formula is C8H6F3N5O. The van der Waals surface area contributed by atoms with Crippen molar-refractivity contribution in [3.05, 3.63) is 18.3 Å². The molecule has 17 heavy (non-hydrogen) atoms. The quantitative estimate of drug-likeness (QED) is 0.865.